The Morgan fingerprint density at radius 1 is 0.112 bits per heavy atom. The van der Waals surface area contributed by atoms with Gasteiger partial charge in [0.05, 0.1) is 0 Å². The minimum absolute atomic E-state index is 1.19. The summed E-state index contributed by atoms with van der Waals surface area (Å²) in [6.45, 7) is 15.5. The maximum atomic E-state index is 2.45. The van der Waals surface area contributed by atoms with Gasteiger partial charge in [0.15, 0.2) is 0 Å². The molecule has 0 heterocycles. The Kier molecular flexibility index (Phi) is 18.2. The van der Waals surface area contributed by atoms with E-state index < -0.39 is 0 Å². The Hall–Kier alpha value is -13.0. The van der Waals surface area contributed by atoms with Gasteiger partial charge in [-0.05, 0) is 284 Å². The molecule has 0 saturated carbocycles. The molecule has 0 amide bonds. The fourth-order valence-corrected chi connectivity index (χ4v) is 15.9. The molecular weight excluding hydrogens is 1290 g/mol. The van der Waals surface area contributed by atoms with Gasteiger partial charge in [-0.1, -0.05) is 350 Å². The number of benzene rings is 18. The standard InChI is InChI=1S/C66H50.C41H32/c1-43-33-61-62(34-44(43)2)66(60-40-56(50-23-15-8-16-24-50)38-58(42-60)54-31-27-52(28-32-54)48-19-11-6-12-20-48)64-36-46(4)45(3)35-63(64)65(61)59-39-55(49-21-13-7-14-22-49)37-57(41-59)53-29-25-51(26-30-53)47-17-9-5-10-18-47;1-27-8-13-30(14-9-27)32-17-21-34(22-18-32)40-36-6-4-5-7-37(36)41(39-26-29(3)12-25-38(39)40)35-23-19-33(20-24-35)31-15-10-28(2)11-16-31/h5-42H,1-4H3;4-26H,1-3H3. The van der Waals surface area contributed by atoms with Crippen molar-refractivity contribution in [3.8, 4) is 134 Å². The van der Waals surface area contributed by atoms with E-state index in [-0.39, 0.29) is 0 Å². The number of hydrogen-bond acceptors (Lipinski definition) is 0. The molecule has 0 spiro atoms. The summed E-state index contributed by atoms with van der Waals surface area (Å²) in [7, 11) is 0. The molecule has 107 heavy (non-hydrogen) atoms. The number of hydrogen-bond donors (Lipinski definition) is 0. The molecule has 0 N–H and O–H groups in total. The largest absolute Gasteiger partial charge is 0.0622 e. The molecule has 0 heteroatoms. The van der Waals surface area contributed by atoms with Crippen molar-refractivity contribution in [2.24, 2.45) is 0 Å². The number of rotatable bonds is 12. The summed E-state index contributed by atoms with van der Waals surface area (Å²) in [5.41, 5.74) is 38.4. The van der Waals surface area contributed by atoms with E-state index in [1.807, 2.05) is 0 Å². The molecule has 0 aliphatic rings. The first kappa shape index (κ1) is 67.2. The Morgan fingerprint density at radius 3 is 0.598 bits per heavy atom. The highest BCUT2D eigenvalue weighted by Gasteiger charge is 2.23. The van der Waals surface area contributed by atoms with Crippen LogP contribution in [0.15, 0.2) is 370 Å². The second-order valence-corrected chi connectivity index (χ2v) is 29.2. The second-order valence-electron chi connectivity index (χ2n) is 29.2. The summed E-state index contributed by atoms with van der Waals surface area (Å²) in [6, 6.07) is 137. The average Bonchev–Trinajstić information content (AvgIpc) is 0.728. The maximum absolute atomic E-state index is 2.45. The SMILES string of the molecule is Cc1cc2c(-c3cc(-c4ccccc4)cc(-c4ccc(-c5ccccc5)cc4)c3)c3cc(C)c(C)cc3c(-c3cc(-c4ccccc4)cc(-c4ccc(-c5ccccc5)cc4)c3)c2cc1C.Cc1ccc(-c2ccc(-c3c4ccccc4c(-c4ccc(-c5ccc(C)cc5)cc4)c4cc(C)ccc34)cc2)cc1. The summed E-state index contributed by atoms with van der Waals surface area (Å²) in [4.78, 5) is 0. The molecule has 0 radical (unpaired) electrons. The topological polar surface area (TPSA) is 0 Å². The molecule has 0 aliphatic carbocycles. The van der Waals surface area contributed by atoms with Crippen LogP contribution in [0.5, 0.6) is 0 Å². The fraction of sp³-hybridized carbons (Fsp3) is 0.0654. The van der Waals surface area contributed by atoms with Gasteiger partial charge >= 0.3 is 0 Å². The van der Waals surface area contributed by atoms with E-state index in [1.165, 1.54) is 216 Å². The van der Waals surface area contributed by atoms with Crippen LogP contribution >= 0.6 is 0 Å². The lowest BCUT2D eigenvalue weighted by Gasteiger charge is -2.22. The van der Waals surface area contributed by atoms with Gasteiger partial charge in [0, 0.05) is 0 Å². The predicted molar refractivity (Wildman–Crippen MR) is 461 cm³/mol. The lowest BCUT2D eigenvalue weighted by atomic mass is 9.81. The van der Waals surface area contributed by atoms with Gasteiger partial charge in [-0.2, -0.15) is 0 Å². The summed E-state index contributed by atoms with van der Waals surface area (Å²) in [5.74, 6) is 0. The van der Waals surface area contributed by atoms with E-state index in [9.17, 15) is 0 Å². The van der Waals surface area contributed by atoms with Crippen LogP contribution in [0, 0.1) is 48.5 Å². The molecular formula is C107H82. The molecule has 0 fully saturated rings. The van der Waals surface area contributed by atoms with Crippen molar-refractivity contribution in [3.05, 3.63) is 409 Å². The minimum atomic E-state index is 1.19. The normalized spacial score (nSPS) is 11.3. The third-order valence-electron chi connectivity index (χ3n) is 21.9. The van der Waals surface area contributed by atoms with Crippen LogP contribution in [0.1, 0.15) is 38.9 Å². The first-order valence-corrected chi connectivity index (χ1v) is 37.4. The number of aryl methyl sites for hydroxylation is 7. The van der Waals surface area contributed by atoms with Gasteiger partial charge in [0.1, 0.15) is 0 Å². The summed E-state index contributed by atoms with van der Waals surface area (Å²) < 4.78 is 0. The molecule has 0 nitrogen and oxygen atoms in total. The zero-order valence-corrected chi connectivity index (χ0v) is 61.7. The molecule has 18 rings (SSSR count). The molecule has 0 saturated heterocycles. The molecule has 0 aliphatic heterocycles. The first-order chi connectivity index (χ1) is 52.4. The highest BCUT2D eigenvalue weighted by atomic mass is 14.3. The van der Waals surface area contributed by atoms with Crippen LogP contribution in [0.4, 0.5) is 0 Å². The van der Waals surface area contributed by atoms with Crippen molar-refractivity contribution in [1.29, 1.82) is 0 Å². The quantitative estimate of drug-likeness (QED) is 0.107. The molecule has 0 atom stereocenters. The van der Waals surface area contributed by atoms with Crippen molar-refractivity contribution in [1.82, 2.24) is 0 Å². The monoisotopic (exact) mass is 1370 g/mol. The Labute approximate surface area is 629 Å². The number of fused-ring (bicyclic) bond motifs is 4. The second kappa shape index (κ2) is 28.9. The van der Waals surface area contributed by atoms with E-state index in [0.29, 0.717) is 0 Å². The van der Waals surface area contributed by atoms with E-state index in [2.05, 4.69) is 419 Å². The van der Waals surface area contributed by atoms with Crippen LogP contribution in [0.25, 0.3) is 177 Å². The molecule has 0 aromatic heterocycles. The van der Waals surface area contributed by atoms with Crippen molar-refractivity contribution >= 4 is 43.1 Å². The molecule has 18 aromatic rings. The zero-order chi connectivity index (χ0) is 72.7. The van der Waals surface area contributed by atoms with Gasteiger partial charge < -0.3 is 0 Å². The minimum Gasteiger partial charge on any atom is -0.0622 e. The van der Waals surface area contributed by atoms with Gasteiger partial charge in [-0.15, -0.1) is 0 Å². The molecule has 0 unspecified atom stereocenters. The van der Waals surface area contributed by atoms with Gasteiger partial charge in [0.2, 0.25) is 0 Å². The lowest BCUT2D eigenvalue weighted by molar-refractivity contribution is 1.36. The Balaban J connectivity index is 0.000000175. The van der Waals surface area contributed by atoms with E-state index in [4.69, 9.17) is 0 Å². The van der Waals surface area contributed by atoms with Gasteiger partial charge in [-0.3, -0.25) is 0 Å². The van der Waals surface area contributed by atoms with Crippen molar-refractivity contribution in [3.63, 3.8) is 0 Å². The highest BCUT2D eigenvalue weighted by Crippen LogP contribution is 2.50. The Morgan fingerprint density at radius 2 is 0.299 bits per heavy atom. The highest BCUT2D eigenvalue weighted by molar-refractivity contribution is 6.24. The van der Waals surface area contributed by atoms with Crippen LogP contribution in [0.2, 0.25) is 0 Å². The maximum Gasteiger partial charge on any atom is -0.00257 e. The molecule has 0 bridgehead atoms. The average molecular weight is 1370 g/mol. The van der Waals surface area contributed by atoms with Crippen molar-refractivity contribution in [2.45, 2.75) is 48.5 Å². The summed E-state index contributed by atoms with van der Waals surface area (Å²) in [5, 5.41) is 10.2. The molecule has 18 aromatic carbocycles. The van der Waals surface area contributed by atoms with Crippen LogP contribution < -0.4 is 0 Å². The lowest BCUT2D eigenvalue weighted by Crippen LogP contribution is -1.96. The zero-order valence-electron chi connectivity index (χ0n) is 61.7. The van der Waals surface area contributed by atoms with Crippen LogP contribution in [-0.4, -0.2) is 0 Å². The van der Waals surface area contributed by atoms with E-state index in [1.54, 1.807) is 0 Å². The van der Waals surface area contributed by atoms with E-state index >= 15 is 0 Å². The Bertz CT molecular complexity index is 6000. The predicted octanol–water partition coefficient (Wildman–Crippen LogP) is 30.1. The third-order valence-corrected chi connectivity index (χ3v) is 21.9. The van der Waals surface area contributed by atoms with Crippen molar-refractivity contribution < 1.29 is 0 Å². The van der Waals surface area contributed by atoms with Gasteiger partial charge in [-0.25, -0.2) is 0 Å². The van der Waals surface area contributed by atoms with E-state index in [0.717, 1.165) is 0 Å². The fourth-order valence-electron chi connectivity index (χ4n) is 15.9. The first-order valence-electron chi connectivity index (χ1n) is 37.4. The summed E-state index contributed by atoms with van der Waals surface area (Å²) in [6.07, 6.45) is 0. The smallest absolute Gasteiger partial charge is 0.00257 e. The third kappa shape index (κ3) is 13.5. The van der Waals surface area contributed by atoms with Gasteiger partial charge in [0.25, 0.3) is 0 Å². The van der Waals surface area contributed by atoms with Crippen LogP contribution in [0.3, 0.4) is 0 Å². The van der Waals surface area contributed by atoms with Crippen molar-refractivity contribution in [2.75, 3.05) is 0 Å². The molecule has 510 valence electrons. The summed E-state index contributed by atoms with van der Waals surface area (Å²) >= 11 is 0. The van der Waals surface area contributed by atoms with Crippen LogP contribution in [-0.2, 0) is 0 Å².